The zero-order chi connectivity index (χ0) is 18.6. The number of guanidine groups is 1. The van der Waals surface area contributed by atoms with E-state index in [0.29, 0.717) is 0 Å². The van der Waals surface area contributed by atoms with Gasteiger partial charge in [0.05, 0.1) is 19.8 Å². The Labute approximate surface area is 183 Å². The van der Waals surface area contributed by atoms with Gasteiger partial charge >= 0.3 is 0 Å². The van der Waals surface area contributed by atoms with Crippen molar-refractivity contribution in [3.63, 3.8) is 0 Å². The van der Waals surface area contributed by atoms with Crippen LogP contribution in [0.4, 0.5) is 0 Å². The molecule has 0 radical (unpaired) electrons. The van der Waals surface area contributed by atoms with Crippen molar-refractivity contribution in [1.29, 1.82) is 0 Å². The fraction of sp³-hybridized carbons (Fsp3) is 0.952. The molecular formula is C21H41IN4O. The minimum atomic E-state index is 0. The Balaban J connectivity index is 0.00000261. The molecule has 0 aromatic carbocycles. The highest BCUT2D eigenvalue weighted by molar-refractivity contribution is 14.0. The van der Waals surface area contributed by atoms with Crippen molar-refractivity contribution in [3.05, 3.63) is 0 Å². The van der Waals surface area contributed by atoms with Crippen molar-refractivity contribution in [2.75, 3.05) is 52.5 Å². The van der Waals surface area contributed by atoms with Gasteiger partial charge in [-0.25, -0.2) is 0 Å². The van der Waals surface area contributed by atoms with Crippen LogP contribution in [0.5, 0.6) is 0 Å². The summed E-state index contributed by atoms with van der Waals surface area (Å²) in [6.07, 6.45) is 5.64. The SMILES string of the molecule is CCNC(=NCC1(C)COC1)N1CCN(C2CCC(C(C)C)CC2)CC1.I. The van der Waals surface area contributed by atoms with Crippen LogP contribution in [0.2, 0.25) is 0 Å². The summed E-state index contributed by atoms with van der Waals surface area (Å²) >= 11 is 0. The zero-order valence-electron chi connectivity index (χ0n) is 17.9. The van der Waals surface area contributed by atoms with Crippen LogP contribution in [0.15, 0.2) is 4.99 Å². The quantitative estimate of drug-likeness (QED) is 0.363. The lowest BCUT2D eigenvalue weighted by molar-refractivity contribution is -0.0946. The summed E-state index contributed by atoms with van der Waals surface area (Å²) in [7, 11) is 0. The van der Waals surface area contributed by atoms with Gasteiger partial charge in [0.1, 0.15) is 0 Å². The Morgan fingerprint density at radius 3 is 2.22 bits per heavy atom. The molecule has 5 nitrogen and oxygen atoms in total. The number of nitrogens with one attached hydrogen (secondary N) is 1. The molecule has 2 heterocycles. The molecule has 1 saturated carbocycles. The molecule has 0 atom stereocenters. The molecule has 0 spiro atoms. The highest BCUT2D eigenvalue weighted by atomic mass is 127. The maximum Gasteiger partial charge on any atom is 0.194 e. The van der Waals surface area contributed by atoms with Crippen molar-refractivity contribution >= 4 is 29.9 Å². The van der Waals surface area contributed by atoms with E-state index in [-0.39, 0.29) is 29.4 Å². The minimum Gasteiger partial charge on any atom is -0.380 e. The summed E-state index contributed by atoms with van der Waals surface area (Å²) < 4.78 is 5.37. The van der Waals surface area contributed by atoms with Crippen LogP contribution in [0.3, 0.4) is 0 Å². The van der Waals surface area contributed by atoms with Crippen molar-refractivity contribution in [2.45, 2.75) is 59.4 Å². The van der Waals surface area contributed by atoms with E-state index in [0.717, 1.165) is 63.2 Å². The normalized spacial score (nSPS) is 29.2. The third-order valence-corrected chi connectivity index (χ3v) is 6.66. The van der Waals surface area contributed by atoms with Crippen molar-refractivity contribution in [1.82, 2.24) is 15.1 Å². The van der Waals surface area contributed by atoms with Crippen molar-refractivity contribution in [3.8, 4) is 0 Å². The van der Waals surface area contributed by atoms with Crippen molar-refractivity contribution in [2.24, 2.45) is 22.2 Å². The molecule has 0 amide bonds. The first-order chi connectivity index (χ1) is 12.5. The number of halogens is 1. The predicted molar refractivity (Wildman–Crippen MR) is 124 cm³/mol. The predicted octanol–water partition coefficient (Wildman–Crippen LogP) is 3.44. The van der Waals surface area contributed by atoms with Crippen LogP contribution in [0, 0.1) is 17.3 Å². The number of aliphatic imine (C=N–C) groups is 1. The Kier molecular flexibility index (Phi) is 9.13. The van der Waals surface area contributed by atoms with Gasteiger partial charge in [-0.2, -0.15) is 0 Å². The molecule has 27 heavy (non-hydrogen) atoms. The summed E-state index contributed by atoms with van der Waals surface area (Å²) in [5.41, 5.74) is 0.248. The monoisotopic (exact) mass is 492 g/mol. The van der Waals surface area contributed by atoms with Gasteiger partial charge in [0.25, 0.3) is 0 Å². The number of piperazine rings is 1. The Morgan fingerprint density at radius 1 is 1.11 bits per heavy atom. The highest BCUT2D eigenvalue weighted by Gasteiger charge is 2.34. The first kappa shape index (κ1) is 23.2. The lowest BCUT2D eigenvalue weighted by Gasteiger charge is -2.43. The fourth-order valence-corrected chi connectivity index (χ4v) is 4.67. The van der Waals surface area contributed by atoms with E-state index in [9.17, 15) is 0 Å². The van der Waals surface area contributed by atoms with Gasteiger partial charge in [-0.3, -0.25) is 9.89 Å². The standard InChI is InChI=1S/C21H40N4O.HI/c1-5-22-20(23-14-21(4)15-26-16-21)25-12-10-24(11-13-25)19-8-6-18(7-9-19)17(2)3;/h17-19H,5-16H2,1-4H3,(H,22,23);1H. The molecule has 2 saturated heterocycles. The number of hydrogen-bond donors (Lipinski definition) is 1. The van der Waals surface area contributed by atoms with Gasteiger partial charge in [0.15, 0.2) is 5.96 Å². The Morgan fingerprint density at radius 2 is 1.74 bits per heavy atom. The molecule has 1 N–H and O–H groups in total. The number of ether oxygens (including phenoxy) is 1. The second-order valence-electron chi connectivity index (χ2n) is 9.31. The lowest BCUT2D eigenvalue weighted by Crippen LogP contribution is -2.55. The molecule has 1 aliphatic carbocycles. The summed E-state index contributed by atoms with van der Waals surface area (Å²) in [6, 6.07) is 0.817. The van der Waals surface area contributed by atoms with Gasteiger partial charge in [-0.05, 0) is 44.4 Å². The average Bonchev–Trinajstić information content (AvgIpc) is 2.64. The summed E-state index contributed by atoms with van der Waals surface area (Å²) in [6.45, 7) is 17.3. The second kappa shape index (κ2) is 10.6. The number of hydrogen-bond acceptors (Lipinski definition) is 3. The van der Waals surface area contributed by atoms with Crippen LogP contribution >= 0.6 is 24.0 Å². The van der Waals surface area contributed by atoms with Crippen LogP contribution < -0.4 is 5.32 Å². The van der Waals surface area contributed by atoms with Gasteiger partial charge in [0, 0.05) is 44.2 Å². The molecule has 0 unspecified atom stereocenters. The molecule has 6 heteroatoms. The fourth-order valence-electron chi connectivity index (χ4n) is 4.67. The molecule has 158 valence electrons. The van der Waals surface area contributed by atoms with Gasteiger partial charge < -0.3 is 15.0 Å². The molecule has 0 bridgehead atoms. The number of rotatable bonds is 5. The lowest BCUT2D eigenvalue weighted by atomic mass is 9.79. The van der Waals surface area contributed by atoms with E-state index in [1.54, 1.807) is 0 Å². The first-order valence-corrected chi connectivity index (χ1v) is 10.9. The minimum absolute atomic E-state index is 0. The van der Waals surface area contributed by atoms with E-state index < -0.39 is 0 Å². The van der Waals surface area contributed by atoms with E-state index >= 15 is 0 Å². The zero-order valence-corrected chi connectivity index (χ0v) is 20.2. The average molecular weight is 492 g/mol. The summed E-state index contributed by atoms with van der Waals surface area (Å²) in [5, 5.41) is 3.50. The van der Waals surface area contributed by atoms with Crippen LogP contribution in [0.25, 0.3) is 0 Å². The van der Waals surface area contributed by atoms with Crippen LogP contribution in [-0.4, -0.2) is 74.3 Å². The Hall–Kier alpha value is -0.0800. The molecule has 3 rings (SSSR count). The highest BCUT2D eigenvalue weighted by Crippen LogP contribution is 2.32. The van der Waals surface area contributed by atoms with E-state index in [2.05, 4.69) is 42.8 Å². The largest absolute Gasteiger partial charge is 0.380 e. The molecule has 0 aromatic heterocycles. The van der Waals surface area contributed by atoms with Gasteiger partial charge in [-0.1, -0.05) is 20.8 Å². The van der Waals surface area contributed by atoms with Crippen molar-refractivity contribution < 1.29 is 4.74 Å². The Bertz CT molecular complexity index is 465. The number of nitrogens with zero attached hydrogens (tertiary/aromatic N) is 3. The van der Waals surface area contributed by atoms with Crippen LogP contribution in [0.1, 0.15) is 53.4 Å². The summed E-state index contributed by atoms with van der Waals surface area (Å²) in [5.74, 6) is 2.91. The van der Waals surface area contributed by atoms with Gasteiger partial charge in [-0.15, -0.1) is 24.0 Å². The second-order valence-corrected chi connectivity index (χ2v) is 9.31. The third-order valence-electron chi connectivity index (χ3n) is 6.66. The molecular weight excluding hydrogens is 451 g/mol. The molecule has 3 aliphatic rings. The molecule has 2 aliphatic heterocycles. The molecule has 3 fully saturated rings. The first-order valence-electron chi connectivity index (χ1n) is 10.9. The third kappa shape index (κ3) is 6.20. The maximum absolute atomic E-state index is 5.37. The smallest absolute Gasteiger partial charge is 0.194 e. The van der Waals surface area contributed by atoms with E-state index in [4.69, 9.17) is 9.73 Å². The van der Waals surface area contributed by atoms with Gasteiger partial charge in [0.2, 0.25) is 0 Å². The van der Waals surface area contributed by atoms with E-state index in [1.165, 1.54) is 38.8 Å². The maximum atomic E-state index is 5.37. The summed E-state index contributed by atoms with van der Waals surface area (Å²) in [4.78, 5) is 10.1. The van der Waals surface area contributed by atoms with Crippen LogP contribution in [-0.2, 0) is 4.74 Å². The molecule has 0 aromatic rings. The topological polar surface area (TPSA) is 40.1 Å². The van der Waals surface area contributed by atoms with E-state index in [1.807, 2.05) is 0 Å².